The second-order valence-corrected chi connectivity index (χ2v) is 5.35. The maximum atomic E-state index is 4.74. The number of fused-ring (bicyclic) bond motifs is 1. The van der Waals surface area contributed by atoms with Gasteiger partial charge in [0.1, 0.15) is 5.82 Å². The second kappa shape index (κ2) is 5.51. The topological polar surface area (TPSA) is 41.6 Å². The van der Waals surface area contributed by atoms with Crippen LogP contribution in [0.5, 0.6) is 0 Å². The minimum atomic E-state index is 0.161. The van der Waals surface area contributed by atoms with E-state index in [0.29, 0.717) is 0 Å². The van der Waals surface area contributed by atoms with E-state index in [4.69, 9.17) is 4.98 Å². The maximum Gasteiger partial charge on any atom is 0.113 e. The highest BCUT2D eigenvalue weighted by Gasteiger charge is 2.27. The smallest absolute Gasteiger partial charge is 0.113 e. The second-order valence-electron chi connectivity index (χ2n) is 5.35. The Bertz CT molecular complexity index is 470. The molecule has 0 aliphatic rings. The van der Waals surface area contributed by atoms with Crippen molar-refractivity contribution in [2.75, 3.05) is 0 Å². The van der Waals surface area contributed by atoms with Crippen molar-refractivity contribution in [3.8, 4) is 0 Å². The van der Waals surface area contributed by atoms with Crippen LogP contribution in [0.25, 0.3) is 11.0 Å². The van der Waals surface area contributed by atoms with Crippen molar-refractivity contribution in [2.45, 2.75) is 58.3 Å². The Morgan fingerprint density at radius 3 is 2.78 bits per heavy atom. The molecule has 0 aromatic carbocycles. The molecule has 98 valence electrons. The molecule has 1 N–H and O–H groups in total. The van der Waals surface area contributed by atoms with Crippen molar-refractivity contribution in [3.05, 3.63) is 24.3 Å². The number of aromatic nitrogens is 3. The zero-order valence-electron chi connectivity index (χ0n) is 11.7. The lowest BCUT2D eigenvalue weighted by atomic mass is 9.81. The number of nitrogens with zero attached hydrogens (tertiary/aromatic N) is 2. The minimum absolute atomic E-state index is 0.161. The SMILES string of the molecule is CCCCCC(C)(CC)c1nc2ccncc2[nH]1. The van der Waals surface area contributed by atoms with E-state index in [-0.39, 0.29) is 5.41 Å². The van der Waals surface area contributed by atoms with Crippen LogP contribution >= 0.6 is 0 Å². The third-order valence-corrected chi connectivity index (χ3v) is 3.97. The van der Waals surface area contributed by atoms with Crippen molar-refractivity contribution < 1.29 is 0 Å². The standard InChI is InChI=1S/C15H23N3/c1-4-6-7-9-15(3,5-2)14-17-12-8-10-16-11-13(12)18-14/h8,10-11H,4-7,9H2,1-3H3,(H,17,18). The van der Waals surface area contributed by atoms with Crippen molar-refractivity contribution in [1.82, 2.24) is 15.0 Å². The van der Waals surface area contributed by atoms with E-state index in [1.807, 2.05) is 12.3 Å². The molecule has 0 saturated heterocycles. The lowest BCUT2D eigenvalue weighted by Crippen LogP contribution is -2.22. The molecule has 0 fully saturated rings. The average molecular weight is 245 g/mol. The Kier molecular flexibility index (Phi) is 4.00. The number of nitrogens with one attached hydrogen (secondary N) is 1. The molecule has 0 bridgehead atoms. The summed E-state index contributed by atoms with van der Waals surface area (Å²) in [6.07, 6.45) is 9.81. The van der Waals surface area contributed by atoms with Crippen molar-refractivity contribution in [1.29, 1.82) is 0 Å². The van der Waals surface area contributed by atoms with E-state index in [1.54, 1.807) is 6.20 Å². The fraction of sp³-hybridized carbons (Fsp3) is 0.600. The van der Waals surface area contributed by atoms with E-state index in [2.05, 4.69) is 30.7 Å². The van der Waals surface area contributed by atoms with Gasteiger partial charge in [-0.1, -0.05) is 40.0 Å². The number of hydrogen-bond donors (Lipinski definition) is 1. The number of H-pyrrole nitrogens is 1. The van der Waals surface area contributed by atoms with Crippen LogP contribution in [0.2, 0.25) is 0 Å². The van der Waals surface area contributed by atoms with Crippen LogP contribution in [0, 0.1) is 0 Å². The summed E-state index contributed by atoms with van der Waals surface area (Å²) in [6, 6.07) is 1.97. The highest BCUT2D eigenvalue weighted by molar-refractivity contribution is 5.73. The number of hydrogen-bond acceptors (Lipinski definition) is 2. The van der Waals surface area contributed by atoms with Crippen molar-refractivity contribution in [2.24, 2.45) is 0 Å². The molecule has 0 aliphatic heterocycles. The van der Waals surface area contributed by atoms with Gasteiger partial charge in [-0.25, -0.2) is 4.98 Å². The molecule has 2 rings (SSSR count). The predicted molar refractivity (Wildman–Crippen MR) is 75.7 cm³/mol. The summed E-state index contributed by atoms with van der Waals surface area (Å²) in [5.41, 5.74) is 2.23. The number of rotatable bonds is 6. The van der Waals surface area contributed by atoms with Crippen LogP contribution in [-0.4, -0.2) is 15.0 Å². The summed E-state index contributed by atoms with van der Waals surface area (Å²) in [5.74, 6) is 1.11. The summed E-state index contributed by atoms with van der Waals surface area (Å²) in [5, 5.41) is 0. The first-order valence-electron chi connectivity index (χ1n) is 7.00. The summed E-state index contributed by atoms with van der Waals surface area (Å²) in [7, 11) is 0. The maximum absolute atomic E-state index is 4.74. The van der Waals surface area contributed by atoms with Gasteiger partial charge in [-0.2, -0.15) is 0 Å². The Morgan fingerprint density at radius 1 is 1.28 bits per heavy atom. The van der Waals surface area contributed by atoms with E-state index in [0.717, 1.165) is 23.3 Å². The molecule has 2 aromatic rings. The first kappa shape index (κ1) is 13.1. The molecule has 2 aromatic heterocycles. The van der Waals surface area contributed by atoms with Gasteiger partial charge in [0, 0.05) is 11.6 Å². The minimum Gasteiger partial charge on any atom is -0.340 e. The molecule has 1 unspecified atom stereocenters. The van der Waals surface area contributed by atoms with Crippen LogP contribution in [0.4, 0.5) is 0 Å². The Balaban J connectivity index is 2.25. The van der Waals surface area contributed by atoms with Gasteiger partial charge >= 0.3 is 0 Å². The van der Waals surface area contributed by atoms with Crippen LogP contribution in [0.3, 0.4) is 0 Å². The van der Waals surface area contributed by atoms with E-state index < -0.39 is 0 Å². The molecular formula is C15H23N3. The van der Waals surface area contributed by atoms with Gasteiger partial charge in [0.2, 0.25) is 0 Å². The number of imidazole rings is 1. The van der Waals surface area contributed by atoms with Crippen LogP contribution in [0.15, 0.2) is 18.5 Å². The third kappa shape index (κ3) is 2.55. The van der Waals surface area contributed by atoms with Gasteiger partial charge in [-0.3, -0.25) is 4.98 Å². The van der Waals surface area contributed by atoms with Crippen LogP contribution in [0.1, 0.15) is 58.7 Å². The van der Waals surface area contributed by atoms with Crippen molar-refractivity contribution in [3.63, 3.8) is 0 Å². The fourth-order valence-electron chi connectivity index (χ4n) is 2.37. The number of aromatic amines is 1. The van der Waals surface area contributed by atoms with Crippen LogP contribution < -0.4 is 0 Å². The molecule has 18 heavy (non-hydrogen) atoms. The highest BCUT2D eigenvalue weighted by Crippen LogP contribution is 2.32. The summed E-state index contributed by atoms with van der Waals surface area (Å²) in [4.78, 5) is 12.3. The predicted octanol–water partition coefficient (Wildman–Crippen LogP) is 4.21. The fourth-order valence-corrected chi connectivity index (χ4v) is 2.37. The van der Waals surface area contributed by atoms with E-state index in [9.17, 15) is 0 Å². The summed E-state index contributed by atoms with van der Waals surface area (Å²) >= 11 is 0. The Hall–Kier alpha value is -1.38. The molecular weight excluding hydrogens is 222 g/mol. The highest BCUT2D eigenvalue weighted by atomic mass is 14.9. The quantitative estimate of drug-likeness (QED) is 0.775. The molecule has 0 saturated carbocycles. The van der Waals surface area contributed by atoms with Gasteiger partial charge in [-0.15, -0.1) is 0 Å². The molecule has 3 heteroatoms. The van der Waals surface area contributed by atoms with Gasteiger partial charge in [0.05, 0.1) is 17.2 Å². The largest absolute Gasteiger partial charge is 0.340 e. The molecule has 2 heterocycles. The summed E-state index contributed by atoms with van der Waals surface area (Å²) < 4.78 is 0. The van der Waals surface area contributed by atoms with Gasteiger partial charge in [0.15, 0.2) is 0 Å². The van der Waals surface area contributed by atoms with E-state index >= 15 is 0 Å². The van der Waals surface area contributed by atoms with Gasteiger partial charge in [-0.05, 0) is 18.9 Å². The van der Waals surface area contributed by atoms with Crippen LogP contribution in [-0.2, 0) is 5.41 Å². The van der Waals surface area contributed by atoms with E-state index in [1.165, 1.54) is 25.7 Å². The monoisotopic (exact) mass is 245 g/mol. The van der Waals surface area contributed by atoms with Gasteiger partial charge < -0.3 is 4.98 Å². The Labute approximate surface area is 109 Å². The van der Waals surface area contributed by atoms with Crippen molar-refractivity contribution >= 4 is 11.0 Å². The number of unbranched alkanes of at least 4 members (excludes halogenated alkanes) is 2. The molecule has 0 amide bonds. The normalized spacial score (nSPS) is 14.8. The molecule has 0 spiro atoms. The Morgan fingerprint density at radius 2 is 2.11 bits per heavy atom. The van der Waals surface area contributed by atoms with Gasteiger partial charge in [0.25, 0.3) is 0 Å². The third-order valence-electron chi connectivity index (χ3n) is 3.97. The zero-order chi connectivity index (χ0) is 13.0. The molecule has 1 atom stereocenters. The number of pyridine rings is 1. The molecule has 0 aliphatic carbocycles. The lowest BCUT2D eigenvalue weighted by Gasteiger charge is -2.25. The lowest BCUT2D eigenvalue weighted by molar-refractivity contribution is 0.380. The first-order chi connectivity index (χ1) is 8.69. The molecule has 0 radical (unpaired) electrons. The zero-order valence-corrected chi connectivity index (χ0v) is 11.7. The molecule has 3 nitrogen and oxygen atoms in total. The average Bonchev–Trinajstić information content (AvgIpc) is 2.83. The summed E-state index contributed by atoms with van der Waals surface area (Å²) in [6.45, 7) is 6.81. The first-order valence-corrected chi connectivity index (χ1v) is 7.00.